The average molecular weight is 225 g/mol. The molecule has 90 valence electrons. The molecule has 0 fully saturated rings. The molecule has 0 radical (unpaired) electrons. The summed E-state index contributed by atoms with van der Waals surface area (Å²) in [6.07, 6.45) is 4.64. The highest BCUT2D eigenvalue weighted by Crippen LogP contribution is 2.01. The molecule has 0 aromatic carbocycles. The predicted molar refractivity (Wildman–Crippen MR) is 60.4 cm³/mol. The Balaban J connectivity index is 3.43. The molecular formula is C11H19N3O2. The molecule has 0 aliphatic carbocycles. The average Bonchev–Trinajstić information content (AvgIpc) is 2.29. The van der Waals surface area contributed by atoms with Crippen LogP contribution in [-0.4, -0.2) is 24.9 Å². The van der Waals surface area contributed by atoms with Gasteiger partial charge in [-0.3, -0.25) is 9.59 Å². The third kappa shape index (κ3) is 9.00. The van der Waals surface area contributed by atoms with Crippen molar-refractivity contribution >= 4 is 11.8 Å². The van der Waals surface area contributed by atoms with Gasteiger partial charge in [0.05, 0.1) is 12.6 Å². The first-order chi connectivity index (χ1) is 7.70. The summed E-state index contributed by atoms with van der Waals surface area (Å²) in [7, 11) is 0. The van der Waals surface area contributed by atoms with Gasteiger partial charge in [0.25, 0.3) is 0 Å². The van der Waals surface area contributed by atoms with E-state index in [9.17, 15) is 9.59 Å². The number of hydrogen-bond acceptors (Lipinski definition) is 3. The first-order valence-electron chi connectivity index (χ1n) is 5.61. The molecule has 0 saturated carbocycles. The molecule has 0 atom stereocenters. The van der Waals surface area contributed by atoms with E-state index in [1.807, 2.05) is 0 Å². The molecule has 0 heterocycles. The van der Waals surface area contributed by atoms with Gasteiger partial charge < -0.3 is 10.6 Å². The van der Waals surface area contributed by atoms with Crippen LogP contribution in [0, 0.1) is 11.3 Å². The molecular weight excluding hydrogens is 206 g/mol. The number of unbranched alkanes of at least 4 members (excludes halogenated alkanes) is 3. The maximum Gasteiger partial charge on any atom is 0.240 e. The molecule has 0 aromatic rings. The zero-order valence-electron chi connectivity index (χ0n) is 9.71. The van der Waals surface area contributed by atoms with Crippen LogP contribution in [0.5, 0.6) is 0 Å². The van der Waals surface area contributed by atoms with Gasteiger partial charge in [-0.1, -0.05) is 26.2 Å². The number of nitrogens with zero attached hydrogens (tertiary/aromatic N) is 1. The van der Waals surface area contributed by atoms with Crippen molar-refractivity contribution in [1.29, 1.82) is 5.26 Å². The molecule has 0 aromatic heterocycles. The van der Waals surface area contributed by atoms with Crippen molar-refractivity contribution in [2.75, 3.05) is 13.1 Å². The molecule has 0 unspecified atom stereocenters. The molecule has 0 aliphatic rings. The summed E-state index contributed by atoms with van der Waals surface area (Å²) in [6.45, 7) is 2.04. The van der Waals surface area contributed by atoms with Gasteiger partial charge in [-0.05, 0) is 6.42 Å². The Hall–Kier alpha value is -1.57. The van der Waals surface area contributed by atoms with E-state index in [1.165, 1.54) is 0 Å². The molecule has 0 bridgehead atoms. The van der Waals surface area contributed by atoms with Gasteiger partial charge in [-0.15, -0.1) is 0 Å². The van der Waals surface area contributed by atoms with E-state index in [0.29, 0.717) is 6.42 Å². The van der Waals surface area contributed by atoms with Gasteiger partial charge in [0, 0.05) is 6.42 Å². The highest BCUT2D eigenvalue weighted by Gasteiger charge is 2.04. The van der Waals surface area contributed by atoms with E-state index in [1.54, 1.807) is 6.07 Å². The maximum atomic E-state index is 11.2. The van der Waals surface area contributed by atoms with Crippen LogP contribution in [0.1, 0.15) is 39.0 Å². The van der Waals surface area contributed by atoms with E-state index >= 15 is 0 Å². The van der Waals surface area contributed by atoms with Crippen LogP contribution in [0.25, 0.3) is 0 Å². The van der Waals surface area contributed by atoms with Crippen molar-refractivity contribution in [2.45, 2.75) is 39.0 Å². The minimum Gasteiger partial charge on any atom is -0.347 e. The van der Waals surface area contributed by atoms with Gasteiger partial charge in [0.1, 0.15) is 6.54 Å². The number of carbonyl (C=O) groups excluding carboxylic acids is 2. The van der Waals surface area contributed by atoms with Gasteiger partial charge in [0.15, 0.2) is 0 Å². The summed E-state index contributed by atoms with van der Waals surface area (Å²) in [6, 6.07) is 1.79. The van der Waals surface area contributed by atoms with Crippen LogP contribution in [0.15, 0.2) is 0 Å². The van der Waals surface area contributed by atoms with Crippen molar-refractivity contribution < 1.29 is 9.59 Å². The van der Waals surface area contributed by atoms with Crippen molar-refractivity contribution in [3.8, 4) is 6.07 Å². The summed E-state index contributed by atoms with van der Waals surface area (Å²) in [4.78, 5) is 22.2. The number of amides is 2. The standard InChI is InChI=1S/C11H19N3O2/c1-2-3-4-5-6-10(15)14-9-11(16)13-8-7-12/h2-6,8-9H2,1H3,(H,13,16)(H,14,15). The molecule has 2 amide bonds. The Kier molecular flexibility index (Phi) is 8.99. The first kappa shape index (κ1) is 14.4. The van der Waals surface area contributed by atoms with E-state index < -0.39 is 0 Å². The van der Waals surface area contributed by atoms with E-state index in [4.69, 9.17) is 5.26 Å². The van der Waals surface area contributed by atoms with Gasteiger partial charge in [-0.25, -0.2) is 0 Å². The largest absolute Gasteiger partial charge is 0.347 e. The summed E-state index contributed by atoms with van der Waals surface area (Å²) in [5.74, 6) is -0.438. The van der Waals surface area contributed by atoms with Crippen LogP contribution >= 0.6 is 0 Å². The minimum atomic E-state index is -0.330. The van der Waals surface area contributed by atoms with Gasteiger partial charge >= 0.3 is 0 Å². The molecule has 5 nitrogen and oxygen atoms in total. The molecule has 0 spiro atoms. The maximum absolute atomic E-state index is 11.2. The molecule has 16 heavy (non-hydrogen) atoms. The Morgan fingerprint density at radius 1 is 1.12 bits per heavy atom. The quantitative estimate of drug-likeness (QED) is 0.471. The lowest BCUT2D eigenvalue weighted by Crippen LogP contribution is -2.36. The van der Waals surface area contributed by atoms with Gasteiger partial charge in [0.2, 0.25) is 11.8 Å². The smallest absolute Gasteiger partial charge is 0.240 e. The Labute approximate surface area is 96.2 Å². The lowest BCUT2D eigenvalue weighted by Gasteiger charge is -2.04. The number of rotatable bonds is 8. The van der Waals surface area contributed by atoms with Crippen molar-refractivity contribution in [3.05, 3.63) is 0 Å². The topological polar surface area (TPSA) is 82.0 Å². The molecule has 0 rings (SSSR count). The van der Waals surface area contributed by atoms with Crippen molar-refractivity contribution in [2.24, 2.45) is 0 Å². The normalized spacial score (nSPS) is 9.25. The number of nitriles is 1. The fourth-order valence-electron chi connectivity index (χ4n) is 1.18. The zero-order valence-corrected chi connectivity index (χ0v) is 9.71. The van der Waals surface area contributed by atoms with Crippen LogP contribution in [0.3, 0.4) is 0 Å². The van der Waals surface area contributed by atoms with Crippen LogP contribution in [-0.2, 0) is 9.59 Å². The zero-order chi connectivity index (χ0) is 12.2. The second kappa shape index (κ2) is 9.97. The lowest BCUT2D eigenvalue weighted by atomic mass is 10.1. The summed E-state index contributed by atoms with van der Waals surface area (Å²) in [5.41, 5.74) is 0. The summed E-state index contributed by atoms with van der Waals surface area (Å²) >= 11 is 0. The van der Waals surface area contributed by atoms with Crippen molar-refractivity contribution in [3.63, 3.8) is 0 Å². The summed E-state index contributed by atoms with van der Waals surface area (Å²) in [5, 5.41) is 13.1. The highest BCUT2D eigenvalue weighted by molar-refractivity contribution is 5.84. The molecule has 0 saturated heterocycles. The fourth-order valence-corrected chi connectivity index (χ4v) is 1.18. The Morgan fingerprint density at radius 2 is 1.88 bits per heavy atom. The second-order valence-corrected chi connectivity index (χ2v) is 3.52. The van der Waals surface area contributed by atoms with E-state index in [-0.39, 0.29) is 24.9 Å². The van der Waals surface area contributed by atoms with Crippen LogP contribution < -0.4 is 10.6 Å². The summed E-state index contributed by atoms with van der Waals surface area (Å²) < 4.78 is 0. The minimum absolute atomic E-state index is 0.0226. The first-order valence-corrected chi connectivity index (χ1v) is 5.61. The van der Waals surface area contributed by atoms with E-state index in [0.717, 1.165) is 25.7 Å². The third-order valence-electron chi connectivity index (χ3n) is 2.07. The highest BCUT2D eigenvalue weighted by atomic mass is 16.2. The monoisotopic (exact) mass is 225 g/mol. The van der Waals surface area contributed by atoms with Gasteiger partial charge in [-0.2, -0.15) is 5.26 Å². The molecule has 0 aliphatic heterocycles. The van der Waals surface area contributed by atoms with Crippen LogP contribution in [0.4, 0.5) is 0 Å². The third-order valence-corrected chi connectivity index (χ3v) is 2.07. The SMILES string of the molecule is CCCCCCC(=O)NCC(=O)NCC#N. The predicted octanol–water partition coefficient (Wildman–Crippen LogP) is 0.713. The van der Waals surface area contributed by atoms with Crippen LogP contribution in [0.2, 0.25) is 0 Å². The number of hydrogen-bond donors (Lipinski definition) is 2. The van der Waals surface area contributed by atoms with Crippen molar-refractivity contribution in [1.82, 2.24) is 10.6 Å². The Morgan fingerprint density at radius 3 is 2.50 bits per heavy atom. The fraction of sp³-hybridized carbons (Fsp3) is 0.727. The second-order valence-electron chi connectivity index (χ2n) is 3.52. The molecule has 5 heteroatoms. The lowest BCUT2D eigenvalue weighted by molar-refractivity contribution is -0.126. The number of nitrogens with one attached hydrogen (secondary N) is 2. The van der Waals surface area contributed by atoms with E-state index in [2.05, 4.69) is 17.6 Å². The Bertz CT molecular complexity index is 258. The molecule has 2 N–H and O–H groups in total. The number of carbonyl (C=O) groups is 2.